The molecule has 0 atom stereocenters. The molecule has 21 heavy (non-hydrogen) atoms. The van der Waals surface area contributed by atoms with Gasteiger partial charge in [0.1, 0.15) is 5.75 Å². The zero-order chi connectivity index (χ0) is 15.3. The van der Waals surface area contributed by atoms with Crippen molar-refractivity contribution in [2.75, 3.05) is 26.0 Å². The van der Waals surface area contributed by atoms with E-state index >= 15 is 0 Å². The number of hydrogen-bond acceptors (Lipinski definition) is 3. The molecule has 1 saturated carbocycles. The summed E-state index contributed by atoms with van der Waals surface area (Å²) in [6.45, 7) is 0.503. The van der Waals surface area contributed by atoms with Gasteiger partial charge >= 0.3 is 6.03 Å². The summed E-state index contributed by atoms with van der Waals surface area (Å²) < 4.78 is 5.26. The first kappa shape index (κ1) is 15.6. The molecule has 0 unspecified atom stereocenters. The molecule has 2 rings (SSSR count). The Morgan fingerprint density at radius 1 is 1.33 bits per heavy atom. The van der Waals surface area contributed by atoms with E-state index in [0.29, 0.717) is 18.0 Å². The van der Waals surface area contributed by atoms with Gasteiger partial charge in [0.15, 0.2) is 0 Å². The second-order valence-electron chi connectivity index (χ2n) is 5.68. The number of likely N-dealkylation sites (N-methyl/N-ethyl adjacent to an activating group) is 1. The zero-order valence-electron chi connectivity index (χ0n) is 12.9. The largest absolute Gasteiger partial charge is 0.495 e. The van der Waals surface area contributed by atoms with E-state index in [2.05, 4.69) is 5.32 Å². The quantitative estimate of drug-likeness (QED) is 0.896. The Morgan fingerprint density at radius 2 is 2.00 bits per heavy atom. The number of nitrogens with zero attached hydrogens (tertiary/aromatic N) is 1. The average molecular weight is 291 g/mol. The van der Waals surface area contributed by atoms with Crippen molar-refractivity contribution in [1.29, 1.82) is 0 Å². The van der Waals surface area contributed by atoms with Crippen LogP contribution in [0.25, 0.3) is 0 Å². The number of carbonyl (C=O) groups is 1. The van der Waals surface area contributed by atoms with Crippen molar-refractivity contribution >= 4 is 11.7 Å². The van der Waals surface area contributed by atoms with E-state index in [-0.39, 0.29) is 11.6 Å². The molecule has 2 amide bonds. The third-order valence-electron chi connectivity index (χ3n) is 4.53. The van der Waals surface area contributed by atoms with E-state index in [1.165, 1.54) is 6.42 Å². The highest BCUT2D eigenvalue weighted by Gasteiger charge is 2.37. The minimum absolute atomic E-state index is 0.133. The summed E-state index contributed by atoms with van der Waals surface area (Å²) in [4.78, 5) is 14.3. The number of hydrogen-bond donors (Lipinski definition) is 2. The average Bonchev–Trinajstić information content (AvgIpc) is 2.55. The maximum atomic E-state index is 12.5. The van der Waals surface area contributed by atoms with E-state index in [1.54, 1.807) is 12.0 Å². The Kier molecular flexibility index (Phi) is 5.07. The smallest absolute Gasteiger partial charge is 0.322 e. The molecular formula is C16H25N3O2. The lowest BCUT2D eigenvalue weighted by atomic mass is 9.80. The lowest BCUT2D eigenvalue weighted by Gasteiger charge is -2.43. The number of para-hydroxylation sites is 2. The molecule has 0 aromatic heterocycles. The second-order valence-corrected chi connectivity index (χ2v) is 5.68. The number of rotatable bonds is 4. The number of carbonyl (C=O) groups excluding carboxylic acids is 1. The van der Waals surface area contributed by atoms with Crippen LogP contribution in [0, 0.1) is 0 Å². The Hall–Kier alpha value is -1.75. The van der Waals surface area contributed by atoms with E-state index in [9.17, 15) is 4.79 Å². The summed E-state index contributed by atoms with van der Waals surface area (Å²) in [7, 11) is 3.43. The molecule has 5 nitrogen and oxygen atoms in total. The van der Waals surface area contributed by atoms with Gasteiger partial charge in [0.2, 0.25) is 0 Å². The zero-order valence-corrected chi connectivity index (χ0v) is 12.9. The first-order chi connectivity index (χ1) is 10.1. The molecular weight excluding hydrogens is 266 g/mol. The molecule has 0 spiro atoms. The summed E-state index contributed by atoms with van der Waals surface area (Å²) >= 11 is 0. The van der Waals surface area contributed by atoms with Gasteiger partial charge in [-0.15, -0.1) is 0 Å². The minimum atomic E-state index is -0.218. The van der Waals surface area contributed by atoms with Crippen LogP contribution < -0.4 is 15.8 Å². The number of methoxy groups -OCH3 is 1. The van der Waals surface area contributed by atoms with E-state index in [1.807, 2.05) is 31.3 Å². The first-order valence-corrected chi connectivity index (χ1v) is 7.51. The maximum absolute atomic E-state index is 12.5. The number of nitrogens with one attached hydrogen (secondary N) is 1. The minimum Gasteiger partial charge on any atom is -0.495 e. The standard InChI is InChI=1S/C16H25N3O2/c1-19(16(12-17)10-6-3-7-11-16)15(20)18-13-8-4-5-9-14(13)21-2/h4-5,8-9H,3,6-7,10-12,17H2,1-2H3,(H,18,20). The third kappa shape index (κ3) is 3.29. The Labute approximate surface area is 126 Å². The summed E-state index contributed by atoms with van der Waals surface area (Å²) in [5.41, 5.74) is 6.44. The van der Waals surface area contributed by atoms with Crippen molar-refractivity contribution in [2.45, 2.75) is 37.6 Å². The number of amides is 2. The highest BCUT2D eigenvalue weighted by atomic mass is 16.5. The van der Waals surface area contributed by atoms with E-state index in [0.717, 1.165) is 25.7 Å². The molecule has 0 radical (unpaired) electrons. The summed E-state index contributed by atoms with van der Waals surface area (Å²) in [6, 6.07) is 7.28. The normalized spacial score (nSPS) is 17.1. The first-order valence-electron chi connectivity index (χ1n) is 7.51. The van der Waals surface area contributed by atoms with Gasteiger partial charge in [0.05, 0.1) is 18.3 Å². The lowest BCUT2D eigenvalue weighted by molar-refractivity contribution is 0.112. The SMILES string of the molecule is COc1ccccc1NC(=O)N(C)C1(CN)CCCCC1. The van der Waals surface area contributed by atoms with Crippen LogP contribution in [0.5, 0.6) is 5.75 Å². The number of urea groups is 1. The van der Waals surface area contributed by atoms with Crippen molar-refractivity contribution in [3.63, 3.8) is 0 Å². The van der Waals surface area contributed by atoms with Crippen LogP contribution in [-0.4, -0.2) is 37.2 Å². The number of benzene rings is 1. The van der Waals surface area contributed by atoms with Crippen LogP contribution in [0.1, 0.15) is 32.1 Å². The third-order valence-corrected chi connectivity index (χ3v) is 4.53. The Bertz CT molecular complexity index is 484. The second kappa shape index (κ2) is 6.80. The maximum Gasteiger partial charge on any atom is 0.322 e. The predicted octanol–water partition coefficient (Wildman–Crippen LogP) is 2.82. The fourth-order valence-corrected chi connectivity index (χ4v) is 3.05. The van der Waals surface area contributed by atoms with Crippen molar-refractivity contribution < 1.29 is 9.53 Å². The number of anilines is 1. The fraction of sp³-hybridized carbons (Fsp3) is 0.562. The van der Waals surface area contributed by atoms with Crippen LogP contribution in [0.2, 0.25) is 0 Å². The van der Waals surface area contributed by atoms with E-state index in [4.69, 9.17) is 10.5 Å². The van der Waals surface area contributed by atoms with Crippen LogP contribution >= 0.6 is 0 Å². The van der Waals surface area contributed by atoms with Gasteiger partial charge in [0.25, 0.3) is 0 Å². The lowest BCUT2D eigenvalue weighted by Crippen LogP contribution is -2.56. The molecule has 3 N–H and O–H groups in total. The van der Waals surface area contributed by atoms with Crippen molar-refractivity contribution in [3.05, 3.63) is 24.3 Å². The van der Waals surface area contributed by atoms with Gasteiger partial charge in [-0.1, -0.05) is 31.4 Å². The van der Waals surface area contributed by atoms with Crippen LogP contribution in [0.4, 0.5) is 10.5 Å². The molecule has 116 valence electrons. The van der Waals surface area contributed by atoms with Gasteiger partial charge in [-0.2, -0.15) is 0 Å². The van der Waals surface area contributed by atoms with Gasteiger partial charge < -0.3 is 20.7 Å². The summed E-state index contributed by atoms with van der Waals surface area (Å²) in [5, 5.41) is 2.92. The van der Waals surface area contributed by atoms with Gasteiger partial charge in [0, 0.05) is 13.6 Å². The topological polar surface area (TPSA) is 67.6 Å². The number of nitrogens with two attached hydrogens (primary N) is 1. The highest BCUT2D eigenvalue weighted by molar-refractivity contribution is 5.91. The molecule has 0 bridgehead atoms. The van der Waals surface area contributed by atoms with Crippen LogP contribution in [0.3, 0.4) is 0 Å². The molecule has 1 aliphatic rings. The Morgan fingerprint density at radius 3 is 2.62 bits per heavy atom. The number of ether oxygens (including phenoxy) is 1. The molecule has 0 heterocycles. The van der Waals surface area contributed by atoms with Crippen LogP contribution in [0.15, 0.2) is 24.3 Å². The monoisotopic (exact) mass is 291 g/mol. The van der Waals surface area contributed by atoms with Gasteiger partial charge in [-0.05, 0) is 25.0 Å². The van der Waals surface area contributed by atoms with Crippen LogP contribution in [-0.2, 0) is 0 Å². The van der Waals surface area contributed by atoms with Crippen molar-refractivity contribution in [1.82, 2.24) is 4.90 Å². The van der Waals surface area contributed by atoms with Crippen molar-refractivity contribution in [2.24, 2.45) is 5.73 Å². The molecule has 1 fully saturated rings. The van der Waals surface area contributed by atoms with Gasteiger partial charge in [-0.25, -0.2) is 4.79 Å². The molecule has 1 aliphatic carbocycles. The Balaban J connectivity index is 2.11. The summed E-state index contributed by atoms with van der Waals surface area (Å²) in [6.07, 6.45) is 5.43. The molecule has 1 aromatic rings. The fourth-order valence-electron chi connectivity index (χ4n) is 3.05. The molecule has 0 aliphatic heterocycles. The highest BCUT2D eigenvalue weighted by Crippen LogP contribution is 2.33. The molecule has 5 heteroatoms. The van der Waals surface area contributed by atoms with Crippen molar-refractivity contribution in [3.8, 4) is 5.75 Å². The predicted molar refractivity (Wildman–Crippen MR) is 84.6 cm³/mol. The van der Waals surface area contributed by atoms with E-state index < -0.39 is 0 Å². The summed E-state index contributed by atoms with van der Waals surface area (Å²) in [5.74, 6) is 0.657. The molecule has 0 saturated heterocycles. The van der Waals surface area contributed by atoms with Gasteiger partial charge in [-0.3, -0.25) is 0 Å². The molecule has 1 aromatic carbocycles.